The van der Waals surface area contributed by atoms with Gasteiger partial charge in [-0.2, -0.15) is 0 Å². The summed E-state index contributed by atoms with van der Waals surface area (Å²) in [5, 5.41) is 15.1. The Labute approximate surface area is 48.8 Å². The van der Waals surface area contributed by atoms with Crippen LogP contribution < -0.4 is 5.43 Å². The van der Waals surface area contributed by atoms with E-state index >= 15 is 0 Å². The molecule has 0 amide bonds. The van der Waals surface area contributed by atoms with E-state index in [1.165, 1.54) is 6.34 Å². The van der Waals surface area contributed by atoms with E-state index in [-0.39, 0.29) is 11.3 Å². The minimum atomic E-state index is -0.109. The maximum atomic E-state index is 8.30. The van der Waals surface area contributed by atoms with E-state index in [0.29, 0.717) is 0 Å². The van der Waals surface area contributed by atoms with Gasteiger partial charge in [0.15, 0.2) is 0 Å². The number of nitrogens with zero attached hydrogens (tertiary/aromatic N) is 1. The zero-order chi connectivity index (χ0) is 6.62. The molecule has 0 fully saturated rings. The molecule has 4 nitrogen and oxygen atoms in total. The monoisotopic (exact) mass is 118 g/mol. The summed E-state index contributed by atoms with van der Waals surface area (Å²) in [5.74, 6) is 0. The Bertz CT molecular complexity index is 81.4. The molecule has 0 bridgehead atoms. The van der Waals surface area contributed by atoms with Gasteiger partial charge in [0.2, 0.25) is 6.34 Å². The molecule has 0 unspecified atom stereocenters. The van der Waals surface area contributed by atoms with E-state index in [1.54, 1.807) is 14.1 Å². The standard InChI is InChI=1S/C4H12N3O/c1-7(2,3-5)6-4-8/h3,5-6,8H,4H2,1-2H3/q+1. The van der Waals surface area contributed by atoms with Crippen LogP contribution in [0, 0.1) is 5.41 Å². The number of hydrogen-bond acceptors (Lipinski definition) is 3. The average molecular weight is 118 g/mol. The predicted molar refractivity (Wildman–Crippen MR) is 31.1 cm³/mol. The summed E-state index contributed by atoms with van der Waals surface area (Å²) in [7, 11) is 3.51. The number of quaternary nitrogens is 1. The van der Waals surface area contributed by atoms with E-state index < -0.39 is 0 Å². The normalized spacial score (nSPS) is 11.4. The number of hydrogen-bond donors (Lipinski definition) is 3. The Morgan fingerprint density at radius 3 is 2.38 bits per heavy atom. The first-order valence-electron chi connectivity index (χ1n) is 2.33. The second-order valence-corrected chi connectivity index (χ2v) is 1.99. The van der Waals surface area contributed by atoms with Crippen LogP contribution in [0.4, 0.5) is 0 Å². The third-order valence-electron chi connectivity index (χ3n) is 0.801. The highest BCUT2D eigenvalue weighted by Crippen LogP contribution is 1.79. The van der Waals surface area contributed by atoms with Gasteiger partial charge in [0.05, 0.1) is 14.1 Å². The summed E-state index contributed by atoms with van der Waals surface area (Å²) < 4.78 is 0.205. The van der Waals surface area contributed by atoms with Gasteiger partial charge >= 0.3 is 0 Å². The molecule has 0 aliphatic heterocycles. The topological polar surface area (TPSA) is 56.1 Å². The number of aliphatic hydroxyl groups is 1. The lowest BCUT2D eigenvalue weighted by molar-refractivity contribution is -0.844. The van der Waals surface area contributed by atoms with Crippen LogP contribution in [-0.4, -0.2) is 36.9 Å². The van der Waals surface area contributed by atoms with Crippen LogP contribution in [-0.2, 0) is 0 Å². The van der Waals surface area contributed by atoms with Gasteiger partial charge in [-0.05, 0) is 0 Å². The highest BCUT2D eigenvalue weighted by atomic mass is 16.3. The smallest absolute Gasteiger partial charge is 0.201 e. The molecule has 8 heavy (non-hydrogen) atoms. The molecule has 4 heteroatoms. The fourth-order valence-corrected chi connectivity index (χ4v) is 0.228. The van der Waals surface area contributed by atoms with Crippen LogP contribution in [0.25, 0.3) is 0 Å². The number of aliphatic hydroxyl groups excluding tert-OH is 1. The van der Waals surface area contributed by atoms with Gasteiger partial charge in [0, 0.05) is 0 Å². The molecule has 0 radical (unpaired) electrons. The van der Waals surface area contributed by atoms with Gasteiger partial charge in [-0.25, -0.2) is 4.59 Å². The van der Waals surface area contributed by atoms with Crippen molar-refractivity contribution in [3.8, 4) is 0 Å². The van der Waals surface area contributed by atoms with Crippen LogP contribution >= 0.6 is 0 Å². The molecule has 48 valence electrons. The van der Waals surface area contributed by atoms with Gasteiger partial charge in [-0.1, -0.05) is 0 Å². The van der Waals surface area contributed by atoms with E-state index in [4.69, 9.17) is 10.5 Å². The van der Waals surface area contributed by atoms with Crippen LogP contribution in [0.2, 0.25) is 0 Å². The lowest BCUT2D eigenvalue weighted by Crippen LogP contribution is -2.50. The van der Waals surface area contributed by atoms with Crippen molar-refractivity contribution in [1.29, 1.82) is 5.41 Å². The van der Waals surface area contributed by atoms with Gasteiger partial charge in [-0.15, -0.1) is 5.43 Å². The molecule has 0 aromatic carbocycles. The van der Waals surface area contributed by atoms with E-state index in [9.17, 15) is 0 Å². The molecule has 0 heterocycles. The predicted octanol–water partition coefficient (Wildman–Crippen LogP) is -0.876. The molecule has 0 aromatic rings. The molecular formula is C4H12N3O+. The molecular weight excluding hydrogens is 106 g/mol. The Hall–Kier alpha value is -0.450. The number of nitrogens with one attached hydrogen (secondary N) is 2. The second-order valence-electron chi connectivity index (χ2n) is 1.99. The zero-order valence-electron chi connectivity index (χ0n) is 5.18. The van der Waals surface area contributed by atoms with Gasteiger partial charge in [0.1, 0.15) is 6.73 Å². The summed E-state index contributed by atoms with van der Waals surface area (Å²) >= 11 is 0. The molecule has 0 aliphatic carbocycles. The molecule has 0 aliphatic rings. The number of rotatable bonds is 3. The fourth-order valence-electron chi connectivity index (χ4n) is 0.228. The third-order valence-corrected chi connectivity index (χ3v) is 0.801. The third kappa shape index (κ3) is 2.68. The maximum absolute atomic E-state index is 8.30. The van der Waals surface area contributed by atoms with Gasteiger partial charge < -0.3 is 5.11 Å². The summed E-state index contributed by atoms with van der Waals surface area (Å²) in [6.45, 7) is -0.109. The Balaban J connectivity index is 3.53. The van der Waals surface area contributed by atoms with E-state index in [0.717, 1.165) is 0 Å². The highest BCUT2D eigenvalue weighted by molar-refractivity contribution is 5.39. The molecule has 0 spiro atoms. The van der Waals surface area contributed by atoms with Gasteiger partial charge in [0.25, 0.3) is 0 Å². The van der Waals surface area contributed by atoms with Crippen molar-refractivity contribution in [2.45, 2.75) is 0 Å². The summed E-state index contributed by atoms with van der Waals surface area (Å²) in [6.07, 6.45) is 1.19. The Morgan fingerprint density at radius 1 is 1.75 bits per heavy atom. The molecule has 0 saturated heterocycles. The van der Waals surface area contributed by atoms with Crippen molar-refractivity contribution in [2.24, 2.45) is 0 Å². The molecule has 0 aromatic heterocycles. The van der Waals surface area contributed by atoms with Crippen molar-refractivity contribution >= 4 is 6.34 Å². The Morgan fingerprint density at radius 2 is 2.25 bits per heavy atom. The van der Waals surface area contributed by atoms with Crippen molar-refractivity contribution in [3.63, 3.8) is 0 Å². The average Bonchev–Trinajstić information content (AvgIpc) is 1.67. The molecule has 0 rings (SSSR count). The second kappa shape index (κ2) is 2.76. The minimum absolute atomic E-state index is 0.109. The Kier molecular flexibility index (Phi) is 2.60. The van der Waals surface area contributed by atoms with Crippen molar-refractivity contribution in [1.82, 2.24) is 5.43 Å². The van der Waals surface area contributed by atoms with E-state index in [1.807, 2.05) is 0 Å². The lowest BCUT2D eigenvalue weighted by atomic mass is 10.8. The first-order chi connectivity index (χ1) is 3.62. The molecule has 0 atom stereocenters. The zero-order valence-corrected chi connectivity index (χ0v) is 5.18. The molecule has 0 saturated carbocycles. The summed E-state index contributed by atoms with van der Waals surface area (Å²) in [5.41, 5.74) is 2.62. The molecule has 3 N–H and O–H groups in total. The maximum Gasteiger partial charge on any atom is 0.201 e. The first kappa shape index (κ1) is 7.55. The fraction of sp³-hybridized carbons (Fsp3) is 0.750. The summed E-state index contributed by atoms with van der Waals surface area (Å²) in [4.78, 5) is 0. The lowest BCUT2D eigenvalue weighted by Gasteiger charge is -2.20. The van der Waals surface area contributed by atoms with Gasteiger partial charge in [-0.3, -0.25) is 5.41 Å². The van der Waals surface area contributed by atoms with Crippen LogP contribution in [0.3, 0.4) is 0 Å². The quantitative estimate of drug-likeness (QED) is 0.148. The van der Waals surface area contributed by atoms with Crippen LogP contribution in [0.15, 0.2) is 0 Å². The minimum Gasteiger partial charge on any atom is -0.376 e. The van der Waals surface area contributed by atoms with E-state index in [2.05, 4.69) is 5.43 Å². The van der Waals surface area contributed by atoms with Crippen molar-refractivity contribution in [2.75, 3.05) is 20.8 Å². The largest absolute Gasteiger partial charge is 0.376 e. The van der Waals surface area contributed by atoms with Crippen molar-refractivity contribution in [3.05, 3.63) is 0 Å². The first-order valence-corrected chi connectivity index (χ1v) is 2.33. The summed E-state index contributed by atoms with van der Waals surface area (Å²) in [6, 6.07) is 0. The SMILES string of the molecule is C[N+](C)(C=N)NCO. The van der Waals surface area contributed by atoms with Crippen LogP contribution in [0.1, 0.15) is 0 Å². The van der Waals surface area contributed by atoms with Crippen molar-refractivity contribution < 1.29 is 9.70 Å². The highest BCUT2D eigenvalue weighted by Gasteiger charge is 2.07. The van der Waals surface area contributed by atoms with Crippen LogP contribution in [0.5, 0.6) is 0 Å².